The molecule has 0 unspecified atom stereocenters. The first-order valence-corrected chi connectivity index (χ1v) is 9.76. The molecule has 1 amide bonds. The van der Waals surface area contributed by atoms with Gasteiger partial charge in [0.15, 0.2) is 28.9 Å². The maximum atomic E-state index is 14.7. The van der Waals surface area contributed by atoms with E-state index in [1.54, 1.807) is 5.32 Å². The fraction of sp³-hybridized carbons (Fsp3) is 0.333. The van der Waals surface area contributed by atoms with Crippen molar-refractivity contribution in [3.8, 4) is 11.4 Å². The summed E-state index contributed by atoms with van der Waals surface area (Å²) in [6, 6.07) is -0.00316. The number of amides is 1. The van der Waals surface area contributed by atoms with Gasteiger partial charge in [-0.2, -0.15) is 13.2 Å². The number of carbonyl (C=O) groups is 1. The van der Waals surface area contributed by atoms with Gasteiger partial charge >= 0.3 is 6.18 Å². The number of rotatable bonds is 4. The van der Waals surface area contributed by atoms with Gasteiger partial charge in [0.1, 0.15) is 12.6 Å². The normalized spacial score (nSPS) is 21.1. The molecule has 1 aliphatic heterocycles. The number of nitrogens with zero attached hydrogens (tertiary/aromatic N) is 5. The van der Waals surface area contributed by atoms with Crippen LogP contribution in [0.4, 0.5) is 27.8 Å². The van der Waals surface area contributed by atoms with Crippen LogP contribution in [0.1, 0.15) is 6.42 Å². The molecule has 0 aromatic carbocycles. The summed E-state index contributed by atoms with van der Waals surface area (Å²) in [5, 5.41) is 2.38. The number of alkyl halides is 4. The van der Waals surface area contributed by atoms with E-state index in [0.717, 1.165) is 11.1 Å². The summed E-state index contributed by atoms with van der Waals surface area (Å²) in [5.41, 5.74) is 6.11. The molecular weight excluding hydrogens is 475 g/mol. The summed E-state index contributed by atoms with van der Waals surface area (Å²) in [7, 11) is 0. The van der Waals surface area contributed by atoms with E-state index < -0.39 is 55.1 Å². The number of nitrogen functional groups attached to an aromatic ring is 1. The third kappa shape index (κ3) is 4.61. The molecule has 176 valence electrons. The van der Waals surface area contributed by atoms with Gasteiger partial charge in [-0.25, -0.2) is 23.7 Å². The zero-order chi connectivity index (χ0) is 24.1. The highest BCUT2D eigenvalue weighted by Crippen LogP contribution is 2.34. The molecule has 33 heavy (non-hydrogen) atoms. The van der Waals surface area contributed by atoms with Crippen molar-refractivity contribution < 1.29 is 26.7 Å². The van der Waals surface area contributed by atoms with Crippen LogP contribution in [0.3, 0.4) is 0 Å². The van der Waals surface area contributed by atoms with Gasteiger partial charge in [0.25, 0.3) is 0 Å². The second-order valence-corrected chi connectivity index (χ2v) is 7.99. The summed E-state index contributed by atoms with van der Waals surface area (Å²) in [6.45, 7) is -2.32. The SMILES string of the molecule is Nn1cc(-c2ncc(F)c(N3C[C@](N)(F)C[C@H]3C(=O)NCC(F)(F)F)n2)c2cc(Cl)cnc21. The molecule has 3 aromatic heterocycles. The molecule has 0 radical (unpaired) electrons. The highest BCUT2D eigenvalue weighted by atomic mass is 35.5. The first-order valence-electron chi connectivity index (χ1n) is 9.38. The number of nitrogens with two attached hydrogens (primary N) is 2. The van der Waals surface area contributed by atoms with Gasteiger partial charge in [0.05, 0.1) is 17.8 Å². The Kier molecular flexibility index (Phi) is 5.52. The molecule has 2 atom stereocenters. The smallest absolute Gasteiger partial charge is 0.345 e. The maximum absolute atomic E-state index is 14.7. The van der Waals surface area contributed by atoms with Crippen molar-refractivity contribution >= 4 is 34.4 Å². The largest absolute Gasteiger partial charge is 0.405 e. The Morgan fingerprint density at radius 3 is 2.76 bits per heavy atom. The van der Waals surface area contributed by atoms with Crippen LogP contribution >= 0.6 is 11.6 Å². The van der Waals surface area contributed by atoms with Gasteiger partial charge in [-0.1, -0.05) is 11.6 Å². The lowest BCUT2D eigenvalue weighted by Gasteiger charge is -2.25. The third-order valence-electron chi connectivity index (χ3n) is 4.98. The van der Waals surface area contributed by atoms with Gasteiger partial charge in [-0.15, -0.1) is 0 Å². The van der Waals surface area contributed by atoms with E-state index in [2.05, 4.69) is 15.0 Å². The Morgan fingerprint density at radius 2 is 2.06 bits per heavy atom. The minimum Gasteiger partial charge on any atom is -0.345 e. The van der Waals surface area contributed by atoms with Crippen LogP contribution in [0.5, 0.6) is 0 Å². The molecule has 4 rings (SSSR count). The highest BCUT2D eigenvalue weighted by Gasteiger charge is 2.47. The number of fused-ring (bicyclic) bond motifs is 1. The number of pyridine rings is 1. The maximum Gasteiger partial charge on any atom is 0.405 e. The van der Waals surface area contributed by atoms with Crippen LogP contribution in [0.15, 0.2) is 24.7 Å². The molecule has 4 heterocycles. The minimum atomic E-state index is -4.69. The average Bonchev–Trinajstić information content (AvgIpc) is 3.22. The highest BCUT2D eigenvalue weighted by molar-refractivity contribution is 6.31. The van der Waals surface area contributed by atoms with E-state index in [1.165, 1.54) is 23.1 Å². The lowest BCUT2D eigenvalue weighted by molar-refractivity contribution is -0.139. The lowest BCUT2D eigenvalue weighted by Crippen LogP contribution is -2.46. The van der Waals surface area contributed by atoms with Crippen LogP contribution < -0.4 is 21.8 Å². The third-order valence-corrected chi connectivity index (χ3v) is 5.19. The minimum absolute atomic E-state index is 0.0625. The zero-order valence-electron chi connectivity index (χ0n) is 16.6. The molecule has 9 nitrogen and oxygen atoms in total. The predicted molar refractivity (Wildman–Crippen MR) is 109 cm³/mol. The Morgan fingerprint density at radius 1 is 1.33 bits per heavy atom. The van der Waals surface area contributed by atoms with Crippen molar-refractivity contribution in [2.24, 2.45) is 5.73 Å². The van der Waals surface area contributed by atoms with Crippen molar-refractivity contribution in [1.82, 2.24) is 24.9 Å². The van der Waals surface area contributed by atoms with Gasteiger partial charge < -0.3 is 16.1 Å². The predicted octanol–water partition coefficient (Wildman–Crippen LogP) is 1.88. The Hall–Kier alpha value is -3.26. The van der Waals surface area contributed by atoms with Crippen LogP contribution in [0.25, 0.3) is 22.4 Å². The van der Waals surface area contributed by atoms with E-state index in [-0.39, 0.29) is 10.8 Å². The molecule has 0 bridgehead atoms. The van der Waals surface area contributed by atoms with Crippen LogP contribution in [0.2, 0.25) is 5.02 Å². The fourth-order valence-corrected chi connectivity index (χ4v) is 3.78. The summed E-state index contributed by atoms with van der Waals surface area (Å²) in [4.78, 5) is 25.4. The van der Waals surface area contributed by atoms with Crippen molar-refractivity contribution in [3.05, 3.63) is 35.5 Å². The summed E-state index contributed by atoms with van der Waals surface area (Å²) in [5.74, 6) is 0.634. The van der Waals surface area contributed by atoms with Crippen molar-refractivity contribution in [1.29, 1.82) is 0 Å². The molecule has 0 aliphatic carbocycles. The molecule has 1 aliphatic rings. The van der Waals surface area contributed by atoms with Gasteiger partial charge in [0, 0.05) is 29.8 Å². The quantitative estimate of drug-likeness (QED) is 0.289. The monoisotopic (exact) mass is 490 g/mol. The molecule has 0 saturated carbocycles. The number of anilines is 1. The van der Waals surface area contributed by atoms with Gasteiger partial charge in [-0.3, -0.25) is 15.2 Å². The topological polar surface area (TPSA) is 128 Å². The molecule has 0 spiro atoms. The lowest BCUT2D eigenvalue weighted by atomic mass is 10.1. The van der Waals surface area contributed by atoms with E-state index in [9.17, 15) is 26.7 Å². The number of nitrogens with one attached hydrogen (secondary N) is 1. The first-order chi connectivity index (χ1) is 15.3. The Bertz CT molecular complexity index is 1230. The number of halogens is 6. The number of hydrogen-bond acceptors (Lipinski definition) is 7. The Labute approximate surface area is 187 Å². The zero-order valence-corrected chi connectivity index (χ0v) is 17.3. The molecule has 3 aromatic rings. The molecule has 1 saturated heterocycles. The summed E-state index contributed by atoms with van der Waals surface area (Å²) < 4.78 is 67.9. The van der Waals surface area contributed by atoms with Crippen LogP contribution in [0, 0.1) is 5.82 Å². The molecule has 1 fully saturated rings. The average molecular weight is 491 g/mol. The fourth-order valence-electron chi connectivity index (χ4n) is 3.62. The second-order valence-electron chi connectivity index (χ2n) is 7.56. The van der Waals surface area contributed by atoms with E-state index >= 15 is 0 Å². The van der Waals surface area contributed by atoms with E-state index in [0.29, 0.717) is 16.6 Å². The first kappa shape index (κ1) is 22.9. The second kappa shape index (κ2) is 7.95. The molecule has 5 N–H and O–H groups in total. The van der Waals surface area contributed by atoms with Crippen LogP contribution in [-0.2, 0) is 4.79 Å². The van der Waals surface area contributed by atoms with E-state index in [4.69, 9.17) is 23.2 Å². The molecule has 15 heteroatoms. The van der Waals surface area contributed by atoms with Crippen molar-refractivity contribution in [3.63, 3.8) is 0 Å². The van der Waals surface area contributed by atoms with Crippen LogP contribution in [-0.4, -0.2) is 56.6 Å². The number of carbonyl (C=O) groups excluding carboxylic acids is 1. The summed E-state index contributed by atoms with van der Waals surface area (Å²) >= 11 is 5.99. The molecular formula is C18H16ClF5N8O. The number of hydrogen-bond donors (Lipinski definition) is 3. The standard InChI is InChI=1S/C18H16ClF5N8O/c19-8-1-9-10(5-32(26)14(9)28-3-8)13-27-4-11(20)15(30-13)31-7-17(21,25)2-12(31)16(33)29-6-18(22,23)24/h1,3-5,12H,2,6-7,25-26H2,(H,29,33)/t12-,17-/m0/s1. The van der Waals surface area contributed by atoms with Gasteiger partial charge in [-0.05, 0) is 6.07 Å². The number of aromatic nitrogens is 4. The van der Waals surface area contributed by atoms with Crippen molar-refractivity contribution in [2.75, 3.05) is 23.8 Å². The summed E-state index contributed by atoms with van der Waals surface area (Å²) in [6.07, 6.45) is -1.80. The van der Waals surface area contributed by atoms with E-state index in [1.807, 2.05) is 0 Å². The van der Waals surface area contributed by atoms with Crippen molar-refractivity contribution in [2.45, 2.75) is 24.4 Å². The Balaban J connectivity index is 1.74. The van der Waals surface area contributed by atoms with Gasteiger partial charge in [0.2, 0.25) is 5.91 Å².